The maximum Gasteiger partial charge on any atom is 0.416 e. The normalized spacial score (nSPS) is 12.9. The van der Waals surface area contributed by atoms with Crippen LogP contribution in [0.25, 0.3) is 0 Å². The predicted octanol–water partition coefficient (Wildman–Crippen LogP) is 1.76. The molecule has 0 heterocycles. The molecule has 0 saturated carbocycles. The average Bonchev–Trinajstić information content (AvgIpc) is 2.37. The molecule has 4 N–H and O–H groups in total. The Morgan fingerprint density at radius 2 is 2.10 bits per heavy atom. The van der Waals surface area contributed by atoms with Crippen LogP contribution in [0.4, 0.5) is 18.9 Å². The van der Waals surface area contributed by atoms with Crippen molar-refractivity contribution in [1.29, 1.82) is 0 Å². The molecule has 0 aliphatic heterocycles. The minimum atomic E-state index is -4.53. The van der Waals surface area contributed by atoms with Crippen LogP contribution in [0.5, 0.6) is 0 Å². The Balaban J connectivity index is 3.05. The summed E-state index contributed by atoms with van der Waals surface area (Å²) >= 11 is 0. The monoisotopic (exact) mass is 291 g/mol. The van der Waals surface area contributed by atoms with Gasteiger partial charge in [-0.15, -0.1) is 0 Å². The van der Waals surface area contributed by atoms with Crippen molar-refractivity contribution in [3.63, 3.8) is 0 Å². The van der Waals surface area contributed by atoms with Crippen LogP contribution in [0.2, 0.25) is 0 Å². The Kier molecular flexibility index (Phi) is 5.34. The van der Waals surface area contributed by atoms with Gasteiger partial charge >= 0.3 is 6.18 Å². The molecule has 0 saturated heterocycles. The van der Waals surface area contributed by atoms with E-state index in [0.717, 1.165) is 18.2 Å². The van der Waals surface area contributed by atoms with E-state index < -0.39 is 17.6 Å². The highest BCUT2D eigenvalue weighted by Crippen LogP contribution is 2.31. The van der Waals surface area contributed by atoms with Gasteiger partial charge < -0.3 is 15.5 Å². The van der Waals surface area contributed by atoms with E-state index in [1.165, 1.54) is 7.11 Å². The average molecular weight is 291 g/mol. The van der Waals surface area contributed by atoms with E-state index in [0.29, 0.717) is 0 Å². The van der Waals surface area contributed by atoms with Gasteiger partial charge in [-0.05, 0) is 25.1 Å². The zero-order chi connectivity index (χ0) is 15.3. The molecular formula is C12H16F3N3O2. The Morgan fingerprint density at radius 1 is 1.45 bits per heavy atom. The fourth-order valence-electron chi connectivity index (χ4n) is 1.63. The molecule has 20 heavy (non-hydrogen) atoms. The van der Waals surface area contributed by atoms with Crippen molar-refractivity contribution in [3.05, 3.63) is 29.3 Å². The van der Waals surface area contributed by atoms with Gasteiger partial charge in [-0.3, -0.25) is 10.6 Å². The van der Waals surface area contributed by atoms with Crippen LogP contribution in [-0.4, -0.2) is 25.7 Å². The molecular weight excluding hydrogens is 275 g/mol. The number of alkyl halides is 3. The number of hydrazine groups is 1. The number of halogens is 3. The number of ether oxygens (including phenoxy) is 1. The summed E-state index contributed by atoms with van der Waals surface area (Å²) in [4.78, 5) is 12.0. The van der Waals surface area contributed by atoms with Gasteiger partial charge in [-0.1, -0.05) is 0 Å². The van der Waals surface area contributed by atoms with Crippen molar-refractivity contribution in [1.82, 2.24) is 5.32 Å². The lowest BCUT2D eigenvalue weighted by molar-refractivity contribution is -0.137. The van der Waals surface area contributed by atoms with Crippen LogP contribution in [-0.2, 0) is 10.9 Å². The Bertz CT molecular complexity index is 478. The molecule has 1 atom stereocenters. The number of methoxy groups -OCH3 is 1. The Hall–Kier alpha value is -1.80. The fraction of sp³-hybridized carbons (Fsp3) is 0.417. The van der Waals surface area contributed by atoms with Gasteiger partial charge in [-0.25, -0.2) is 0 Å². The smallest absolute Gasteiger partial charge is 0.383 e. The molecule has 0 radical (unpaired) electrons. The highest BCUT2D eigenvalue weighted by Gasteiger charge is 2.31. The molecule has 0 fully saturated rings. The molecule has 0 aliphatic carbocycles. The lowest BCUT2D eigenvalue weighted by Gasteiger charge is -2.16. The first-order valence-electron chi connectivity index (χ1n) is 5.77. The molecule has 8 heteroatoms. The molecule has 0 spiro atoms. The van der Waals surface area contributed by atoms with E-state index in [2.05, 4.69) is 10.7 Å². The summed E-state index contributed by atoms with van der Waals surface area (Å²) in [5.41, 5.74) is 1.22. The quantitative estimate of drug-likeness (QED) is 0.570. The van der Waals surface area contributed by atoms with Crippen molar-refractivity contribution in [3.8, 4) is 0 Å². The summed E-state index contributed by atoms with van der Waals surface area (Å²) in [6.07, 6.45) is -4.53. The van der Waals surface area contributed by atoms with E-state index in [4.69, 9.17) is 10.6 Å². The number of carbonyl (C=O) groups excluding carboxylic acids is 1. The first-order valence-corrected chi connectivity index (χ1v) is 5.77. The maximum atomic E-state index is 12.6. The first-order chi connectivity index (χ1) is 9.29. The van der Waals surface area contributed by atoms with Gasteiger partial charge in [0.1, 0.15) is 0 Å². The number of hydrogen-bond acceptors (Lipinski definition) is 4. The van der Waals surface area contributed by atoms with E-state index in [9.17, 15) is 18.0 Å². The van der Waals surface area contributed by atoms with Gasteiger partial charge in [0, 0.05) is 13.2 Å². The second kappa shape index (κ2) is 6.58. The molecule has 1 amide bonds. The van der Waals surface area contributed by atoms with Crippen LogP contribution in [0.15, 0.2) is 18.2 Å². The first kappa shape index (κ1) is 16.3. The molecule has 1 aromatic rings. The van der Waals surface area contributed by atoms with Gasteiger partial charge in [0.25, 0.3) is 5.91 Å². The highest BCUT2D eigenvalue weighted by molar-refractivity contribution is 5.99. The second-order valence-electron chi connectivity index (χ2n) is 4.23. The molecule has 112 valence electrons. The van der Waals surface area contributed by atoms with Crippen LogP contribution in [0.3, 0.4) is 0 Å². The molecule has 1 aromatic carbocycles. The van der Waals surface area contributed by atoms with Crippen LogP contribution in [0.1, 0.15) is 22.8 Å². The Labute approximate surface area is 114 Å². The number of rotatable bonds is 5. The molecule has 1 unspecified atom stereocenters. The number of nitrogens with one attached hydrogen (secondary N) is 2. The van der Waals surface area contributed by atoms with Crippen molar-refractivity contribution >= 4 is 11.6 Å². The van der Waals surface area contributed by atoms with E-state index in [1.54, 1.807) is 6.92 Å². The van der Waals surface area contributed by atoms with Crippen LogP contribution < -0.4 is 16.6 Å². The summed E-state index contributed by atoms with van der Waals surface area (Å²) in [5.74, 6) is 4.54. The van der Waals surface area contributed by atoms with E-state index in [1.807, 2.05) is 0 Å². The number of hydrogen-bond donors (Lipinski definition) is 3. The molecule has 0 aliphatic rings. The summed E-state index contributed by atoms with van der Waals surface area (Å²) < 4.78 is 42.8. The van der Waals surface area contributed by atoms with Crippen LogP contribution in [0, 0.1) is 0 Å². The summed E-state index contributed by atoms with van der Waals surface area (Å²) in [7, 11) is 1.46. The van der Waals surface area contributed by atoms with E-state index in [-0.39, 0.29) is 23.9 Å². The van der Waals surface area contributed by atoms with Crippen LogP contribution >= 0.6 is 0 Å². The standard InChI is InChI=1S/C12H16F3N3O2/c1-7(6-20-2)17-11(19)9-5-8(12(13,14)15)3-4-10(9)18-16/h3-5,7,18H,6,16H2,1-2H3,(H,17,19). The lowest BCUT2D eigenvalue weighted by Crippen LogP contribution is -2.36. The van der Waals surface area contributed by atoms with Gasteiger partial charge in [-0.2, -0.15) is 13.2 Å². The molecule has 1 rings (SSSR count). The topological polar surface area (TPSA) is 76.4 Å². The lowest BCUT2D eigenvalue weighted by atomic mass is 10.1. The number of amides is 1. The minimum absolute atomic E-state index is 0.111. The summed E-state index contributed by atoms with van der Waals surface area (Å²) in [6, 6.07) is 2.38. The third-order valence-corrected chi connectivity index (χ3v) is 2.54. The number of carbonyl (C=O) groups is 1. The number of nitrogen functional groups attached to an aromatic ring is 1. The third kappa shape index (κ3) is 4.10. The highest BCUT2D eigenvalue weighted by atomic mass is 19.4. The minimum Gasteiger partial charge on any atom is -0.383 e. The second-order valence-corrected chi connectivity index (χ2v) is 4.23. The largest absolute Gasteiger partial charge is 0.416 e. The number of anilines is 1. The van der Waals surface area contributed by atoms with E-state index >= 15 is 0 Å². The van der Waals surface area contributed by atoms with Crippen molar-refractivity contribution in [2.45, 2.75) is 19.1 Å². The molecule has 0 aromatic heterocycles. The molecule has 5 nitrogen and oxygen atoms in total. The maximum absolute atomic E-state index is 12.6. The van der Waals surface area contributed by atoms with Crippen molar-refractivity contribution in [2.75, 3.05) is 19.1 Å². The zero-order valence-electron chi connectivity index (χ0n) is 11.0. The zero-order valence-corrected chi connectivity index (χ0v) is 11.0. The Morgan fingerprint density at radius 3 is 2.60 bits per heavy atom. The summed E-state index contributed by atoms with van der Waals surface area (Å²) in [6.45, 7) is 1.92. The SMILES string of the molecule is COCC(C)NC(=O)c1cc(C(F)(F)F)ccc1NN. The molecule has 0 bridgehead atoms. The van der Waals surface area contributed by atoms with Gasteiger partial charge in [0.2, 0.25) is 0 Å². The summed E-state index contributed by atoms with van der Waals surface area (Å²) in [5, 5.41) is 2.52. The predicted molar refractivity (Wildman–Crippen MR) is 68.1 cm³/mol. The number of benzene rings is 1. The van der Waals surface area contributed by atoms with Crippen molar-refractivity contribution < 1.29 is 22.7 Å². The van der Waals surface area contributed by atoms with Crippen molar-refractivity contribution in [2.24, 2.45) is 5.84 Å². The van der Waals surface area contributed by atoms with Gasteiger partial charge in [0.05, 0.1) is 23.4 Å². The third-order valence-electron chi connectivity index (χ3n) is 2.54. The van der Waals surface area contributed by atoms with Gasteiger partial charge in [0.15, 0.2) is 0 Å². The number of nitrogens with two attached hydrogens (primary N) is 1. The fourth-order valence-corrected chi connectivity index (χ4v) is 1.63.